The molecular weight excluding hydrogens is 346 g/mol. The fraction of sp³-hybridized carbons (Fsp3) is 0.650. The van der Waals surface area contributed by atoms with Crippen LogP contribution in [0.3, 0.4) is 0 Å². The van der Waals surface area contributed by atoms with Crippen LogP contribution in [0.5, 0.6) is 11.5 Å². The highest BCUT2D eigenvalue weighted by molar-refractivity contribution is 5.95. The summed E-state index contributed by atoms with van der Waals surface area (Å²) in [6, 6.07) is 5.36. The van der Waals surface area contributed by atoms with E-state index in [-0.39, 0.29) is 24.3 Å². The number of likely N-dealkylation sites (tertiary alicyclic amines) is 1. The highest BCUT2D eigenvalue weighted by Crippen LogP contribution is 2.32. The van der Waals surface area contributed by atoms with Gasteiger partial charge < -0.3 is 29.3 Å². The first-order valence-electron chi connectivity index (χ1n) is 9.61. The number of hydrogen-bond acceptors (Lipinski definition) is 6. The topological polar surface area (TPSA) is 65.5 Å². The van der Waals surface area contributed by atoms with E-state index in [0.717, 1.165) is 19.6 Å². The number of aliphatic hydroxyl groups is 1. The van der Waals surface area contributed by atoms with E-state index in [2.05, 4.69) is 30.9 Å². The highest BCUT2D eigenvalue weighted by Gasteiger charge is 2.35. The molecule has 27 heavy (non-hydrogen) atoms. The van der Waals surface area contributed by atoms with Crippen molar-refractivity contribution in [1.82, 2.24) is 14.7 Å². The van der Waals surface area contributed by atoms with E-state index in [9.17, 15) is 9.90 Å². The number of amides is 1. The lowest BCUT2D eigenvalue weighted by Gasteiger charge is -2.25. The summed E-state index contributed by atoms with van der Waals surface area (Å²) in [6.07, 6.45) is 0. The predicted octanol–water partition coefficient (Wildman–Crippen LogP) is 0.632. The van der Waals surface area contributed by atoms with Gasteiger partial charge in [0.15, 0.2) is 11.5 Å². The van der Waals surface area contributed by atoms with E-state index in [0.29, 0.717) is 43.4 Å². The van der Waals surface area contributed by atoms with Crippen LogP contribution in [-0.2, 0) is 0 Å². The third-order valence-corrected chi connectivity index (χ3v) is 5.36. The second kappa shape index (κ2) is 8.91. The number of aliphatic hydroxyl groups excluding tert-OH is 1. The van der Waals surface area contributed by atoms with Gasteiger partial charge in [0.1, 0.15) is 13.2 Å². The van der Waals surface area contributed by atoms with E-state index in [1.165, 1.54) is 0 Å². The van der Waals surface area contributed by atoms with Gasteiger partial charge in [-0.3, -0.25) is 4.79 Å². The number of benzene rings is 1. The normalized spacial score (nSPS) is 21.9. The molecule has 0 saturated carbocycles. The number of likely N-dealkylation sites (N-methyl/N-ethyl adjacent to an activating group) is 2. The minimum absolute atomic E-state index is 0.0103. The summed E-state index contributed by atoms with van der Waals surface area (Å²) in [5.74, 6) is 1.71. The molecule has 0 aliphatic carbocycles. The van der Waals surface area contributed by atoms with E-state index >= 15 is 0 Å². The smallest absolute Gasteiger partial charge is 0.254 e. The third-order valence-electron chi connectivity index (χ3n) is 5.36. The lowest BCUT2D eigenvalue weighted by Crippen LogP contribution is -2.35. The Kier molecular flexibility index (Phi) is 6.57. The van der Waals surface area contributed by atoms with Gasteiger partial charge in [-0.25, -0.2) is 0 Å². The molecule has 0 spiro atoms. The van der Waals surface area contributed by atoms with Gasteiger partial charge in [-0.1, -0.05) is 0 Å². The van der Waals surface area contributed by atoms with Crippen molar-refractivity contribution in [2.24, 2.45) is 11.8 Å². The number of nitrogens with zero attached hydrogens (tertiary/aromatic N) is 3. The molecule has 0 radical (unpaired) electrons. The van der Waals surface area contributed by atoms with Gasteiger partial charge in [0.25, 0.3) is 5.91 Å². The SMILES string of the molecule is CN(C)CCN(C)C[C@@H]1CN(C(=O)c2ccc3c(c2)OCCO3)C[C@@H]1CO. The number of fused-ring (bicyclic) bond motifs is 1. The van der Waals surface area contributed by atoms with Gasteiger partial charge in [0.2, 0.25) is 0 Å². The molecule has 0 bridgehead atoms. The van der Waals surface area contributed by atoms with Crippen LogP contribution in [0.25, 0.3) is 0 Å². The zero-order valence-electron chi connectivity index (χ0n) is 16.6. The Morgan fingerprint density at radius 1 is 1.11 bits per heavy atom. The van der Waals surface area contributed by atoms with Gasteiger partial charge in [-0.05, 0) is 45.3 Å². The molecule has 2 atom stereocenters. The second-order valence-corrected chi connectivity index (χ2v) is 7.84. The van der Waals surface area contributed by atoms with Crippen LogP contribution in [0, 0.1) is 11.8 Å². The zero-order valence-corrected chi connectivity index (χ0v) is 16.6. The first-order chi connectivity index (χ1) is 13.0. The molecule has 2 heterocycles. The molecule has 1 N–H and O–H groups in total. The number of ether oxygens (including phenoxy) is 2. The first-order valence-corrected chi connectivity index (χ1v) is 9.61. The summed E-state index contributed by atoms with van der Waals surface area (Å²) in [5, 5.41) is 9.79. The molecule has 2 aliphatic rings. The van der Waals surface area contributed by atoms with E-state index < -0.39 is 0 Å². The standard InChI is InChI=1S/C20H31N3O4/c1-21(2)6-7-22(3)11-16-12-23(13-17(16)14-24)20(25)15-4-5-18-19(10-15)27-9-8-26-18/h4-5,10,16-17,24H,6-9,11-14H2,1-3H3/t16-,17-/m1/s1. The Hall–Kier alpha value is -1.83. The molecule has 1 saturated heterocycles. The average molecular weight is 377 g/mol. The average Bonchev–Trinajstić information content (AvgIpc) is 3.08. The molecule has 3 rings (SSSR count). The van der Waals surface area contributed by atoms with Crippen LogP contribution in [0.4, 0.5) is 0 Å². The van der Waals surface area contributed by atoms with Gasteiger partial charge in [0.05, 0.1) is 0 Å². The fourth-order valence-electron chi connectivity index (χ4n) is 3.74. The molecule has 1 aromatic rings. The minimum Gasteiger partial charge on any atom is -0.486 e. The number of hydrogen-bond donors (Lipinski definition) is 1. The summed E-state index contributed by atoms with van der Waals surface area (Å²) >= 11 is 0. The van der Waals surface area contributed by atoms with Gasteiger partial charge in [0, 0.05) is 50.8 Å². The molecule has 1 fully saturated rings. The van der Waals surface area contributed by atoms with Crippen molar-refractivity contribution in [2.75, 3.05) is 73.7 Å². The Labute approximate surface area is 161 Å². The van der Waals surface area contributed by atoms with Gasteiger partial charge in [-0.2, -0.15) is 0 Å². The maximum Gasteiger partial charge on any atom is 0.254 e. The van der Waals surface area contributed by atoms with Gasteiger partial charge >= 0.3 is 0 Å². The van der Waals surface area contributed by atoms with Crippen LogP contribution >= 0.6 is 0 Å². The molecule has 2 aliphatic heterocycles. The van der Waals surface area contributed by atoms with E-state index in [1.807, 2.05) is 4.90 Å². The van der Waals surface area contributed by atoms with E-state index in [1.54, 1.807) is 18.2 Å². The maximum atomic E-state index is 13.0. The van der Waals surface area contributed by atoms with Crippen molar-refractivity contribution in [2.45, 2.75) is 0 Å². The van der Waals surface area contributed by atoms with Crippen LogP contribution in [-0.4, -0.2) is 99.4 Å². The molecule has 7 heteroatoms. The van der Waals surface area contributed by atoms with Crippen LogP contribution < -0.4 is 9.47 Å². The molecule has 150 valence electrons. The minimum atomic E-state index is -0.0103. The molecule has 1 amide bonds. The van der Waals surface area contributed by atoms with E-state index in [4.69, 9.17) is 9.47 Å². The van der Waals surface area contributed by atoms with Crippen LogP contribution in [0.2, 0.25) is 0 Å². The largest absolute Gasteiger partial charge is 0.486 e. The molecule has 1 aromatic carbocycles. The summed E-state index contributed by atoms with van der Waals surface area (Å²) in [5.41, 5.74) is 0.609. The van der Waals surface area contributed by atoms with Crippen molar-refractivity contribution in [3.8, 4) is 11.5 Å². The zero-order chi connectivity index (χ0) is 19.4. The predicted molar refractivity (Wildman–Crippen MR) is 103 cm³/mol. The third kappa shape index (κ3) is 4.91. The van der Waals surface area contributed by atoms with Crippen molar-refractivity contribution in [1.29, 1.82) is 0 Å². The van der Waals surface area contributed by atoms with Crippen molar-refractivity contribution in [3.05, 3.63) is 23.8 Å². The number of carbonyl (C=O) groups is 1. The number of carbonyl (C=O) groups excluding carboxylic acids is 1. The fourth-order valence-corrected chi connectivity index (χ4v) is 3.74. The molecular formula is C20H31N3O4. The Morgan fingerprint density at radius 3 is 2.52 bits per heavy atom. The first kappa shape index (κ1) is 19.9. The molecule has 0 unspecified atom stereocenters. The second-order valence-electron chi connectivity index (χ2n) is 7.84. The number of rotatable bonds is 7. The summed E-state index contributed by atoms with van der Waals surface area (Å²) < 4.78 is 11.1. The lowest BCUT2D eigenvalue weighted by atomic mass is 9.96. The Bertz CT molecular complexity index is 652. The maximum absolute atomic E-state index is 13.0. The van der Waals surface area contributed by atoms with Crippen LogP contribution in [0.15, 0.2) is 18.2 Å². The van der Waals surface area contributed by atoms with Gasteiger partial charge in [-0.15, -0.1) is 0 Å². The lowest BCUT2D eigenvalue weighted by molar-refractivity contribution is 0.0778. The Morgan fingerprint density at radius 2 is 1.81 bits per heavy atom. The molecule has 0 aromatic heterocycles. The van der Waals surface area contributed by atoms with Crippen molar-refractivity contribution < 1.29 is 19.4 Å². The van der Waals surface area contributed by atoms with Crippen LogP contribution in [0.1, 0.15) is 10.4 Å². The van der Waals surface area contributed by atoms with Crippen molar-refractivity contribution >= 4 is 5.91 Å². The van der Waals surface area contributed by atoms with Crippen molar-refractivity contribution in [3.63, 3.8) is 0 Å². The summed E-state index contributed by atoms with van der Waals surface area (Å²) in [4.78, 5) is 19.3. The quantitative estimate of drug-likeness (QED) is 0.752. The highest BCUT2D eigenvalue weighted by atomic mass is 16.6. The Balaban J connectivity index is 1.62. The monoisotopic (exact) mass is 377 g/mol. The summed E-state index contributed by atoms with van der Waals surface area (Å²) in [7, 11) is 6.23. The summed E-state index contributed by atoms with van der Waals surface area (Å²) in [6.45, 7) is 5.25. The molecule has 7 nitrogen and oxygen atoms in total.